The summed E-state index contributed by atoms with van der Waals surface area (Å²) in [6.07, 6.45) is 0. The summed E-state index contributed by atoms with van der Waals surface area (Å²) in [6.45, 7) is 0. The average Bonchev–Trinajstić information content (AvgIpc) is 2.63. The molecule has 0 spiro atoms. The van der Waals surface area contributed by atoms with Crippen LogP contribution in [0, 0.1) is 0 Å². The van der Waals surface area contributed by atoms with E-state index < -0.39 is 16.1 Å². The molecule has 0 heterocycles. The summed E-state index contributed by atoms with van der Waals surface area (Å²) in [6, 6.07) is 22.7. The Kier molecular flexibility index (Phi) is 4.81. The van der Waals surface area contributed by atoms with Gasteiger partial charge in [0.1, 0.15) is 16.4 Å². The highest BCUT2D eigenvalue weighted by Crippen LogP contribution is 2.22. The van der Waals surface area contributed by atoms with Gasteiger partial charge in [0.25, 0.3) is 0 Å². The molecule has 0 fully saturated rings. The van der Waals surface area contributed by atoms with Crippen LogP contribution in [0.4, 0.5) is 0 Å². The molecular weight excluding hydrogens is 340 g/mol. The number of rotatable bonds is 5. The van der Waals surface area contributed by atoms with Crippen LogP contribution < -0.4 is 4.74 Å². The van der Waals surface area contributed by atoms with Gasteiger partial charge in [-0.3, -0.25) is 0 Å². The van der Waals surface area contributed by atoms with Crippen molar-refractivity contribution in [1.82, 2.24) is 0 Å². The van der Waals surface area contributed by atoms with Crippen molar-refractivity contribution in [1.29, 1.82) is 0 Å². The van der Waals surface area contributed by atoms with E-state index in [0.29, 0.717) is 11.5 Å². The lowest BCUT2D eigenvalue weighted by Gasteiger charge is -2.07. The lowest BCUT2D eigenvalue weighted by molar-refractivity contribution is 0.0746. The molecule has 0 saturated carbocycles. The SMILES string of the molecule is O=C(OS(=O)(=O)c1ccccc1)c1ccc(Oc2ccccc2)cc1. The van der Waals surface area contributed by atoms with Crippen LogP contribution in [-0.2, 0) is 14.3 Å². The molecule has 0 atom stereocenters. The average molecular weight is 354 g/mol. The smallest absolute Gasteiger partial charge is 0.354 e. The Morgan fingerprint density at radius 1 is 0.680 bits per heavy atom. The van der Waals surface area contributed by atoms with Crippen LogP contribution in [0.25, 0.3) is 0 Å². The minimum atomic E-state index is -4.15. The standard InChI is InChI=1S/C19H14O5S/c20-19(24-25(21,22)18-9-5-2-6-10-18)15-11-13-17(14-12-15)23-16-7-3-1-4-8-16/h1-14H. The molecule has 0 aliphatic heterocycles. The molecule has 6 heteroatoms. The predicted octanol–water partition coefficient (Wildman–Crippen LogP) is 4.02. The van der Waals surface area contributed by atoms with Crippen molar-refractivity contribution < 1.29 is 22.1 Å². The highest BCUT2D eigenvalue weighted by atomic mass is 32.2. The van der Waals surface area contributed by atoms with E-state index >= 15 is 0 Å². The predicted molar refractivity (Wildman–Crippen MR) is 92.0 cm³/mol. The van der Waals surface area contributed by atoms with Crippen LogP contribution >= 0.6 is 0 Å². The van der Waals surface area contributed by atoms with Gasteiger partial charge in [0.15, 0.2) is 0 Å². The van der Waals surface area contributed by atoms with Gasteiger partial charge in [-0.15, -0.1) is 0 Å². The zero-order valence-corrected chi connectivity index (χ0v) is 13.8. The van der Waals surface area contributed by atoms with Gasteiger partial charge in [0.2, 0.25) is 0 Å². The Balaban J connectivity index is 1.71. The number of ether oxygens (including phenoxy) is 1. The summed E-state index contributed by atoms with van der Waals surface area (Å²) in [5.74, 6) is 0.230. The van der Waals surface area contributed by atoms with Gasteiger partial charge in [0.05, 0.1) is 5.56 Å². The van der Waals surface area contributed by atoms with E-state index in [9.17, 15) is 13.2 Å². The summed E-state index contributed by atoms with van der Waals surface area (Å²) in [5.41, 5.74) is 0.111. The molecule has 3 rings (SSSR count). The molecule has 0 aliphatic carbocycles. The van der Waals surface area contributed by atoms with Gasteiger partial charge in [0, 0.05) is 0 Å². The molecule has 126 valence electrons. The lowest BCUT2D eigenvalue weighted by Crippen LogP contribution is -2.13. The van der Waals surface area contributed by atoms with Crippen molar-refractivity contribution in [2.75, 3.05) is 0 Å². The number of carbonyl (C=O) groups excluding carboxylic acids is 1. The normalized spacial score (nSPS) is 10.9. The van der Waals surface area contributed by atoms with E-state index in [1.165, 1.54) is 24.3 Å². The second-order valence-corrected chi connectivity index (χ2v) is 6.62. The molecule has 0 radical (unpaired) electrons. The molecule has 0 saturated heterocycles. The van der Waals surface area contributed by atoms with Gasteiger partial charge >= 0.3 is 16.1 Å². The lowest BCUT2D eigenvalue weighted by atomic mass is 10.2. The molecule has 0 aromatic heterocycles. The highest BCUT2D eigenvalue weighted by molar-refractivity contribution is 7.87. The Hall–Kier alpha value is -3.12. The first-order chi connectivity index (χ1) is 12.0. The molecule has 25 heavy (non-hydrogen) atoms. The van der Waals surface area contributed by atoms with Crippen LogP contribution in [0.1, 0.15) is 10.4 Å². The quantitative estimate of drug-likeness (QED) is 0.647. The fourth-order valence-corrected chi connectivity index (χ4v) is 2.95. The van der Waals surface area contributed by atoms with E-state index in [0.717, 1.165) is 0 Å². The molecule has 3 aromatic carbocycles. The minimum Gasteiger partial charge on any atom is -0.457 e. The van der Waals surface area contributed by atoms with E-state index in [-0.39, 0.29) is 10.5 Å². The third kappa shape index (κ3) is 4.24. The van der Waals surface area contributed by atoms with Gasteiger partial charge in [-0.1, -0.05) is 36.4 Å². The third-order valence-electron chi connectivity index (χ3n) is 3.29. The fourth-order valence-electron chi connectivity index (χ4n) is 2.07. The number of para-hydroxylation sites is 1. The number of hydrogen-bond donors (Lipinski definition) is 0. The van der Waals surface area contributed by atoms with Crippen LogP contribution in [0.15, 0.2) is 89.8 Å². The Bertz CT molecular complexity index is 950. The monoisotopic (exact) mass is 354 g/mol. The molecule has 3 aromatic rings. The van der Waals surface area contributed by atoms with Gasteiger partial charge < -0.3 is 8.92 Å². The van der Waals surface area contributed by atoms with Gasteiger partial charge in [-0.2, -0.15) is 8.42 Å². The van der Waals surface area contributed by atoms with Crippen molar-refractivity contribution in [3.8, 4) is 11.5 Å². The zero-order chi connectivity index (χ0) is 17.7. The molecule has 5 nitrogen and oxygen atoms in total. The van der Waals surface area contributed by atoms with Gasteiger partial charge in [-0.05, 0) is 48.5 Å². The zero-order valence-electron chi connectivity index (χ0n) is 13.0. The third-order valence-corrected chi connectivity index (χ3v) is 4.51. The van der Waals surface area contributed by atoms with E-state index in [2.05, 4.69) is 4.18 Å². The Morgan fingerprint density at radius 3 is 1.80 bits per heavy atom. The molecule has 0 amide bonds. The largest absolute Gasteiger partial charge is 0.457 e. The summed E-state index contributed by atoms with van der Waals surface area (Å²) in [5, 5.41) is 0. The number of carbonyl (C=O) groups is 1. The molecule has 0 aliphatic rings. The summed E-state index contributed by atoms with van der Waals surface area (Å²) in [4.78, 5) is 12.0. The van der Waals surface area contributed by atoms with Crippen LogP contribution in [0.2, 0.25) is 0 Å². The summed E-state index contributed by atoms with van der Waals surface area (Å²) >= 11 is 0. The minimum absolute atomic E-state index is 0.0765. The van der Waals surface area contributed by atoms with Crippen LogP contribution in [0.3, 0.4) is 0 Å². The summed E-state index contributed by atoms with van der Waals surface area (Å²) in [7, 11) is -4.15. The highest BCUT2D eigenvalue weighted by Gasteiger charge is 2.21. The first-order valence-corrected chi connectivity index (χ1v) is 8.82. The summed E-state index contributed by atoms with van der Waals surface area (Å²) < 4.78 is 34.4. The second-order valence-electron chi connectivity index (χ2n) is 5.08. The maximum absolute atomic E-state index is 12.1. The van der Waals surface area contributed by atoms with Crippen LogP contribution in [0.5, 0.6) is 11.5 Å². The van der Waals surface area contributed by atoms with Crippen molar-refractivity contribution >= 4 is 16.1 Å². The molecule has 0 N–H and O–H groups in total. The fraction of sp³-hybridized carbons (Fsp3) is 0. The van der Waals surface area contributed by atoms with E-state index in [1.807, 2.05) is 18.2 Å². The first-order valence-electron chi connectivity index (χ1n) is 7.41. The van der Waals surface area contributed by atoms with E-state index in [1.54, 1.807) is 42.5 Å². The maximum Gasteiger partial charge on any atom is 0.354 e. The Morgan fingerprint density at radius 2 is 1.20 bits per heavy atom. The molecular formula is C19H14O5S. The molecule has 0 bridgehead atoms. The first kappa shape index (κ1) is 16.7. The van der Waals surface area contributed by atoms with Crippen LogP contribution in [-0.4, -0.2) is 14.4 Å². The van der Waals surface area contributed by atoms with Crippen molar-refractivity contribution in [3.63, 3.8) is 0 Å². The second kappa shape index (κ2) is 7.19. The maximum atomic E-state index is 12.1. The molecule has 0 unspecified atom stereocenters. The van der Waals surface area contributed by atoms with Crippen molar-refractivity contribution in [2.45, 2.75) is 4.90 Å². The number of hydrogen-bond acceptors (Lipinski definition) is 5. The van der Waals surface area contributed by atoms with Crippen molar-refractivity contribution in [2.24, 2.45) is 0 Å². The van der Waals surface area contributed by atoms with Crippen molar-refractivity contribution in [3.05, 3.63) is 90.5 Å². The van der Waals surface area contributed by atoms with Gasteiger partial charge in [-0.25, -0.2) is 4.79 Å². The topological polar surface area (TPSA) is 69.7 Å². The number of benzene rings is 3. The Labute approximate surface area is 145 Å². The van der Waals surface area contributed by atoms with E-state index in [4.69, 9.17) is 4.74 Å².